The first-order chi connectivity index (χ1) is 5.73. The lowest BCUT2D eigenvalue weighted by molar-refractivity contribution is -0.138. The molecule has 0 saturated heterocycles. The number of carboxylic acids is 1. The van der Waals surface area contributed by atoms with Crippen LogP contribution >= 0.6 is 12.4 Å². The molecule has 0 bridgehead atoms. The van der Waals surface area contributed by atoms with Crippen molar-refractivity contribution in [3.05, 3.63) is 12.7 Å². The summed E-state index contributed by atoms with van der Waals surface area (Å²) in [6, 6.07) is 0. The summed E-state index contributed by atoms with van der Waals surface area (Å²) < 4.78 is 1.65. The van der Waals surface area contributed by atoms with Crippen molar-refractivity contribution in [2.24, 2.45) is 0 Å². The van der Waals surface area contributed by atoms with Crippen molar-refractivity contribution < 1.29 is 9.90 Å². The van der Waals surface area contributed by atoms with Gasteiger partial charge in [0.1, 0.15) is 12.7 Å². The van der Waals surface area contributed by atoms with E-state index in [9.17, 15) is 4.79 Å². The van der Waals surface area contributed by atoms with Gasteiger partial charge in [0.2, 0.25) is 0 Å². The number of aromatic nitrogens is 3. The molecule has 0 radical (unpaired) electrons. The van der Waals surface area contributed by atoms with Gasteiger partial charge in [-0.05, 0) is 12.8 Å². The van der Waals surface area contributed by atoms with Gasteiger partial charge in [0.25, 0.3) is 0 Å². The summed E-state index contributed by atoms with van der Waals surface area (Å²) >= 11 is 0. The van der Waals surface area contributed by atoms with Gasteiger partial charge in [0.05, 0.1) is 12.0 Å². The lowest BCUT2D eigenvalue weighted by Gasteiger charge is -2.11. The van der Waals surface area contributed by atoms with E-state index in [4.69, 9.17) is 5.11 Å². The predicted octanol–water partition coefficient (Wildman–Crippen LogP) is 0.664. The molecule has 1 heterocycles. The summed E-state index contributed by atoms with van der Waals surface area (Å²) in [6.45, 7) is 0. The Hall–Kier alpha value is -1.10. The van der Waals surface area contributed by atoms with Gasteiger partial charge in [-0.2, -0.15) is 5.10 Å². The van der Waals surface area contributed by atoms with Crippen LogP contribution in [0.25, 0.3) is 0 Å². The van der Waals surface area contributed by atoms with E-state index >= 15 is 0 Å². The van der Waals surface area contributed by atoms with Crippen LogP contribution < -0.4 is 0 Å². The third-order valence-corrected chi connectivity index (χ3v) is 2.21. The Morgan fingerprint density at radius 3 is 2.69 bits per heavy atom. The second-order valence-corrected chi connectivity index (χ2v) is 3.13. The van der Waals surface area contributed by atoms with Crippen LogP contribution in [0.1, 0.15) is 19.3 Å². The van der Waals surface area contributed by atoms with Crippen molar-refractivity contribution in [3.8, 4) is 0 Å². The molecule has 1 saturated carbocycles. The monoisotopic (exact) mass is 203 g/mol. The normalized spacial score (nSPS) is 17.5. The molecule has 0 atom stereocenters. The van der Waals surface area contributed by atoms with E-state index in [0.29, 0.717) is 0 Å². The molecule has 6 heteroatoms. The van der Waals surface area contributed by atoms with Crippen molar-refractivity contribution in [3.63, 3.8) is 0 Å². The summed E-state index contributed by atoms with van der Waals surface area (Å²) in [6.07, 6.45) is 4.94. The molecule has 13 heavy (non-hydrogen) atoms. The fourth-order valence-corrected chi connectivity index (χ4v) is 1.37. The Balaban J connectivity index is 0.000000845. The molecule has 0 aromatic carbocycles. The predicted molar refractivity (Wildman–Crippen MR) is 46.7 cm³/mol. The van der Waals surface area contributed by atoms with Crippen molar-refractivity contribution in [2.45, 2.75) is 24.8 Å². The molecule has 1 N–H and O–H groups in total. The quantitative estimate of drug-likeness (QED) is 0.784. The molecule has 1 aliphatic rings. The molecular weight excluding hydrogens is 194 g/mol. The highest BCUT2D eigenvalue weighted by Gasteiger charge is 2.47. The van der Waals surface area contributed by atoms with Crippen molar-refractivity contribution in [1.82, 2.24) is 14.8 Å². The number of halogens is 1. The van der Waals surface area contributed by atoms with Crippen LogP contribution in [0.5, 0.6) is 0 Å². The highest BCUT2D eigenvalue weighted by atomic mass is 35.5. The molecule has 0 spiro atoms. The molecule has 1 fully saturated rings. The van der Waals surface area contributed by atoms with Gasteiger partial charge in [-0.15, -0.1) is 12.4 Å². The van der Waals surface area contributed by atoms with Crippen LogP contribution in [0, 0.1) is 0 Å². The molecule has 0 amide bonds. The largest absolute Gasteiger partial charge is 0.481 e. The average Bonchev–Trinajstić information content (AvgIpc) is 2.61. The van der Waals surface area contributed by atoms with Crippen LogP contribution in [0.15, 0.2) is 12.7 Å². The van der Waals surface area contributed by atoms with Crippen molar-refractivity contribution in [2.75, 3.05) is 0 Å². The summed E-state index contributed by atoms with van der Waals surface area (Å²) in [5, 5.41) is 12.6. The molecule has 1 aromatic heterocycles. The van der Waals surface area contributed by atoms with Gasteiger partial charge >= 0.3 is 5.97 Å². The first kappa shape index (κ1) is 9.98. The summed E-state index contributed by atoms with van der Waals surface area (Å²) in [5.41, 5.74) is -0.262. The van der Waals surface area contributed by atoms with Gasteiger partial charge in [0.15, 0.2) is 0 Å². The third-order valence-electron chi connectivity index (χ3n) is 2.21. The molecule has 1 aromatic rings. The minimum absolute atomic E-state index is 0. The van der Waals surface area contributed by atoms with Gasteiger partial charge < -0.3 is 5.11 Å². The lowest BCUT2D eigenvalue weighted by Crippen LogP contribution is -2.21. The van der Waals surface area contributed by atoms with Crippen molar-refractivity contribution in [1.29, 1.82) is 0 Å². The van der Waals surface area contributed by atoms with E-state index < -0.39 is 5.97 Å². The lowest BCUT2D eigenvalue weighted by atomic mass is 10.2. The average molecular weight is 204 g/mol. The number of nitrogens with zero attached hydrogens (tertiary/aromatic N) is 3. The first-order valence-electron chi connectivity index (χ1n) is 3.80. The number of carboxylic acid groups (broad SMARTS) is 1. The highest BCUT2D eigenvalue weighted by molar-refractivity contribution is 5.85. The standard InChI is InChI=1S/C7H9N3O2.ClH/c11-6(12)3-7(1-2-7)10-5-8-4-9-10;/h4-5H,1-3H2,(H,11,12);1H. The van der Waals surface area contributed by atoms with E-state index in [-0.39, 0.29) is 24.4 Å². The highest BCUT2D eigenvalue weighted by Crippen LogP contribution is 2.45. The summed E-state index contributed by atoms with van der Waals surface area (Å²) in [7, 11) is 0. The van der Waals surface area contributed by atoms with Crippen LogP contribution in [-0.2, 0) is 10.3 Å². The topological polar surface area (TPSA) is 68.0 Å². The van der Waals surface area contributed by atoms with E-state index in [2.05, 4.69) is 10.1 Å². The second-order valence-electron chi connectivity index (χ2n) is 3.13. The molecular formula is C7H10ClN3O2. The fraction of sp³-hybridized carbons (Fsp3) is 0.571. The molecule has 0 aliphatic heterocycles. The number of carbonyl (C=O) groups is 1. The van der Waals surface area contributed by atoms with Crippen LogP contribution in [0.3, 0.4) is 0 Å². The maximum Gasteiger partial charge on any atom is 0.305 e. The minimum Gasteiger partial charge on any atom is -0.481 e. The van der Waals surface area contributed by atoms with E-state index in [1.807, 2.05) is 0 Å². The Morgan fingerprint density at radius 1 is 1.62 bits per heavy atom. The Bertz CT molecular complexity index is 295. The van der Waals surface area contributed by atoms with Gasteiger partial charge in [-0.25, -0.2) is 9.67 Å². The number of aliphatic carboxylic acids is 1. The molecule has 1 aliphatic carbocycles. The zero-order valence-electron chi connectivity index (χ0n) is 6.88. The number of hydrogen-bond donors (Lipinski definition) is 1. The van der Waals surface area contributed by atoms with E-state index in [1.54, 1.807) is 11.0 Å². The molecule has 72 valence electrons. The van der Waals surface area contributed by atoms with Crippen LogP contribution in [0.2, 0.25) is 0 Å². The van der Waals surface area contributed by atoms with Gasteiger partial charge in [-0.3, -0.25) is 4.79 Å². The summed E-state index contributed by atoms with van der Waals surface area (Å²) in [4.78, 5) is 14.3. The smallest absolute Gasteiger partial charge is 0.305 e. The van der Waals surface area contributed by atoms with Crippen LogP contribution in [0.4, 0.5) is 0 Å². The zero-order chi connectivity index (χ0) is 8.60. The van der Waals surface area contributed by atoms with Gasteiger partial charge in [-0.1, -0.05) is 0 Å². The minimum atomic E-state index is -0.775. The van der Waals surface area contributed by atoms with Crippen LogP contribution in [-0.4, -0.2) is 25.8 Å². The zero-order valence-corrected chi connectivity index (χ0v) is 7.70. The van der Waals surface area contributed by atoms with E-state index in [0.717, 1.165) is 12.8 Å². The maximum atomic E-state index is 10.5. The Kier molecular flexibility index (Phi) is 2.56. The number of rotatable bonds is 3. The Morgan fingerprint density at radius 2 is 2.31 bits per heavy atom. The first-order valence-corrected chi connectivity index (χ1v) is 3.80. The summed E-state index contributed by atoms with van der Waals surface area (Å²) in [5.74, 6) is -0.775. The third kappa shape index (κ3) is 1.80. The number of hydrogen-bond acceptors (Lipinski definition) is 3. The maximum absolute atomic E-state index is 10.5. The van der Waals surface area contributed by atoms with Crippen molar-refractivity contribution >= 4 is 18.4 Å². The molecule has 0 unspecified atom stereocenters. The molecule has 5 nitrogen and oxygen atoms in total. The SMILES string of the molecule is Cl.O=C(O)CC1(n2cncn2)CC1. The van der Waals surface area contributed by atoms with Gasteiger partial charge in [0, 0.05) is 0 Å². The fourth-order valence-electron chi connectivity index (χ4n) is 1.37. The molecule has 2 rings (SSSR count). The second kappa shape index (κ2) is 3.33. The Labute approximate surface area is 81.2 Å². The van der Waals surface area contributed by atoms with E-state index in [1.165, 1.54) is 6.33 Å².